The molecule has 0 aliphatic carbocycles. The number of benzene rings is 1. The number of aromatic nitrogens is 4. The maximum Gasteiger partial charge on any atom is 0.231 e. The van der Waals surface area contributed by atoms with Crippen molar-refractivity contribution in [3.8, 4) is 11.5 Å². The molecule has 0 bridgehead atoms. The summed E-state index contributed by atoms with van der Waals surface area (Å²) in [6, 6.07) is 5.76. The lowest BCUT2D eigenvalue weighted by Crippen LogP contribution is -2.24. The number of imidazole rings is 1. The Morgan fingerprint density at radius 1 is 1.18 bits per heavy atom. The maximum absolute atomic E-state index is 9.98. The highest BCUT2D eigenvalue weighted by atomic mass is 16.7. The van der Waals surface area contributed by atoms with Crippen molar-refractivity contribution in [3.05, 3.63) is 36.4 Å². The van der Waals surface area contributed by atoms with E-state index in [-0.39, 0.29) is 13.4 Å². The first-order chi connectivity index (χ1) is 13.7. The van der Waals surface area contributed by atoms with E-state index in [0.29, 0.717) is 29.9 Å². The minimum atomic E-state index is -0.724. The molecule has 2 aliphatic heterocycles. The minimum Gasteiger partial charge on any atom is -0.454 e. The monoisotopic (exact) mass is 385 g/mol. The normalized spacial score (nSPS) is 23.4. The van der Waals surface area contributed by atoms with Gasteiger partial charge in [-0.2, -0.15) is 0 Å². The van der Waals surface area contributed by atoms with Crippen molar-refractivity contribution in [1.29, 1.82) is 0 Å². The number of nitrogens with zero attached hydrogens (tertiary/aromatic N) is 4. The number of fused-ring (bicyclic) bond motifs is 2. The van der Waals surface area contributed by atoms with Crippen molar-refractivity contribution >= 4 is 17.0 Å². The third kappa shape index (κ3) is 2.91. The molecule has 0 unspecified atom stereocenters. The Hall–Kier alpha value is -2.95. The van der Waals surface area contributed by atoms with Gasteiger partial charge >= 0.3 is 0 Å². The summed E-state index contributed by atoms with van der Waals surface area (Å²) in [6.45, 7) is 0.535. The zero-order valence-corrected chi connectivity index (χ0v) is 14.9. The van der Waals surface area contributed by atoms with Gasteiger partial charge in [0, 0.05) is 13.0 Å². The first kappa shape index (κ1) is 17.2. The summed E-state index contributed by atoms with van der Waals surface area (Å²) in [6.07, 6.45) is 1.67. The zero-order valence-electron chi connectivity index (χ0n) is 14.9. The van der Waals surface area contributed by atoms with Crippen molar-refractivity contribution in [2.45, 2.75) is 31.4 Å². The summed E-state index contributed by atoms with van der Waals surface area (Å²) in [5, 5.41) is 22.5. The minimum absolute atomic E-state index is 0.235. The number of hydrogen-bond donors (Lipinski definition) is 3. The van der Waals surface area contributed by atoms with Crippen LogP contribution in [0.5, 0.6) is 11.5 Å². The fraction of sp³-hybridized carbons (Fsp3) is 0.389. The van der Waals surface area contributed by atoms with E-state index in [0.717, 1.165) is 17.1 Å². The Kier molecular flexibility index (Phi) is 4.23. The molecule has 146 valence electrons. The van der Waals surface area contributed by atoms with Crippen molar-refractivity contribution in [3.63, 3.8) is 0 Å². The van der Waals surface area contributed by atoms with Crippen LogP contribution in [-0.2, 0) is 11.3 Å². The van der Waals surface area contributed by atoms with Gasteiger partial charge in [0.25, 0.3) is 0 Å². The smallest absolute Gasteiger partial charge is 0.231 e. The number of anilines is 1. The predicted molar refractivity (Wildman–Crippen MR) is 96.8 cm³/mol. The Bertz CT molecular complexity index is 1010. The lowest BCUT2D eigenvalue weighted by Gasteiger charge is -2.13. The van der Waals surface area contributed by atoms with Gasteiger partial charge < -0.3 is 29.7 Å². The van der Waals surface area contributed by atoms with E-state index in [4.69, 9.17) is 14.2 Å². The molecule has 4 heterocycles. The van der Waals surface area contributed by atoms with E-state index in [9.17, 15) is 10.2 Å². The van der Waals surface area contributed by atoms with Crippen LogP contribution in [0.3, 0.4) is 0 Å². The van der Waals surface area contributed by atoms with Crippen LogP contribution in [0.15, 0.2) is 30.9 Å². The Balaban J connectivity index is 1.37. The average Bonchev–Trinajstić information content (AvgIpc) is 3.43. The maximum atomic E-state index is 9.98. The summed E-state index contributed by atoms with van der Waals surface area (Å²) in [4.78, 5) is 13.0. The van der Waals surface area contributed by atoms with E-state index in [1.807, 2.05) is 18.2 Å². The molecule has 1 fully saturated rings. The SMILES string of the molecule is OC[C@H]1O[C@@H](n2cnc3c(NCc4ccc5c(c4)OCO5)ncnc32)C[C@H]1O. The topological polar surface area (TPSA) is 124 Å². The van der Waals surface area contributed by atoms with E-state index < -0.39 is 18.4 Å². The average molecular weight is 385 g/mol. The number of aliphatic hydroxyl groups excluding tert-OH is 2. The first-order valence-corrected chi connectivity index (χ1v) is 8.97. The molecule has 0 radical (unpaired) electrons. The molecular weight excluding hydrogens is 366 g/mol. The summed E-state index contributed by atoms with van der Waals surface area (Å²) >= 11 is 0. The molecule has 0 spiro atoms. The standard InChI is InChI=1S/C18H19N5O5/c24-6-14-11(25)4-15(28-14)23-8-22-16-17(20-7-21-18(16)23)19-5-10-1-2-12-13(3-10)27-9-26-12/h1-3,7-8,11,14-15,24-25H,4-6,9H2,(H,19,20,21)/t11-,14-,15-/m1/s1. The third-order valence-electron chi connectivity index (χ3n) is 4.95. The van der Waals surface area contributed by atoms with Gasteiger partial charge in [0.2, 0.25) is 6.79 Å². The number of nitrogens with one attached hydrogen (secondary N) is 1. The lowest BCUT2D eigenvalue weighted by molar-refractivity contribution is -0.0432. The number of rotatable bonds is 5. The molecule has 28 heavy (non-hydrogen) atoms. The molecular formula is C18H19N5O5. The Morgan fingerprint density at radius 2 is 2.07 bits per heavy atom. The summed E-state index contributed by atoms with van der Waals surface area (Å²) < 4.78 is 18.2. The van der Waals surface area contributed by atoms with Crippen molar-refractivity contribution in [1.82, 2.24) is 19.5 Å². The van der Waals surface area contributed by atoms with Crippen LogP contribution < -0.4 is 14.8 Å². The Labute approximate surface area is 159 Å². The first-order valence-electron chi connectivity index (χ1n) is 8.97. The molecule has 10 nitrogen and oxygen atoms in total. The highest BCUT2D eigenvalue weighted by Crippen LogP contribution is 2.33. The third-order valence-corrected chi connectivity index (χ3v) is 4.95. The van der Waals surface area contributed by atoms with Gasteiger partial charge in [-0.15, -0.1) is 0 Å². The number of hydrogen-bond acceptors (Lipinski definition) is 9. The van der Waals surface area contributed by atoms with Crippen LogP contribution in [0.1, 0.15) is 18.2 Å². The van der Waals surface area contributed by atoms with Crippen LogP contribution in [-0.4, -0.2) is 55.3 Å². The largest absolute Gasteiger partial charge is 0.454 e. The van der Waals surface area contributed by atoms with Gasteiger partial charge in [-0.25, -0.2) is 15.0 Å². The van der Waals surface area contributed by atoms with Crippen LogP contribution in [0.4, 0.5) is 5.82 Å². The lowest BCUT2D eigenvalue weighted by atomic mass is 10.2. The van der Waals surface area contributed by atoms with Crippen molar-refractivity contribution in [2.24, 2.45) is 0 Å². The van der Waals surface area contributed by atoms with Crippen LogP contribution >= 0.6 is 0 Å². The van der Waals surface area contributed by atoms with Crippen LogP contribution in [0.2, 0.25) is 0 Å². The summed E-state index contributed by atoms with van der Waals surface area (Å²) in [5.74, 6) is 2.07. The predicted octanol–water partition coefficient (Wildman–Crippen LogP) is 0.808. The second kappa shape index (κ2) is 6.89. The molecule has 2 aromatic heterocycles. The van der Waals surface area contributed by atoms with E-state index in [1.54, 1.807) is 10.9 Å². The second-order valence-corrected chi connectivity index (χ2v) is 6.70. The van der Waals surface area contributed by atoms with Gasteiger partial charge in [0.15, 0.2) is 28.5 Å². The van der Waals surface area contributed by atoms with Gasteiger partial charge in [-0.05, 0) is 17.7 Å². The van der Waals surface area contributed by atoms with E-state index in [1.165, 1.54) is 6.33 Å². The van der Waals surface area contributed by atoms with E-state index in [2.05, 4.69) is 20.3 Å². The number of ether oxygens (including phenoxy) is 3. The number of aliphatic hydroxyl groups is 2. The molecule has 3 aromatic rings. The molecule has 0 saturated carbocycles. The second-order valence-electron chi connectivity index (χ2n) is 6.70. The zero-order chi connectivity index (χ0) is 19.1. The molecule has 1 aromatic carbocycles. The van der Waals surface area contributed by atoms with Gasteiger partial charge in [-0.3, -0.25) is 4.57 Å². The quantitative estimate of drug-likeness (QED) is 0.585. The molecule has 0 amide bonds. The van der Waals surface area contributed by atoms with E-state index >= 15 is 0 Å². The van der Waals surface area contributed by atoms with Crippen LogP contribution in [0, 0.1) is 0 Å². The highest BCUT2D eigenvalue weighted by molar-refractivity contribution is 5.82. The molecule has 3 N–H and O–H groups in total. The van der Waals surface area contributed by atoms with Gasteiger partial charge in [0.05, 0.1) is 19.0 Å². The van der Waals surface area contributed by atoms with Gasteiger partial charge in [0.1, 0.15) is 18.7 Å². The molecule has 5 rings (SSSR count). The Morgan fingerprint density at radius 3 is 2.93 bits per heavy atom. The fourth-order valence-electron chi connectivity index (χ4n) is 3.48. The molecule has 3 atom stereocenters. The van der Waals surface area contributed by atoms with Gasteiger partial charge in [-0.1, -0.05) is 6.07 Å². The highest BCUT2D eigenvalue weighted by Gasteiger charge is 2.35. The summed E-state index contributed by atoms with van der Waals surface area (Å²) in [5.41, 5.74) is 2.22. The van der Waals surface area contributed by atoms with Crippen molar-refractivity contribution < 1.29 is 24.4 Å². The molecule has 10 heteroatoms. The molecule has 1 saturated heterocycles. The van der Waals surface area contributed by atoms with Crippen molar-refractivity contribution in [2.75, 3.05) is 18.7 Å². The summed E-state index contributed by atoms with van der Waals surface area (Å²) in [7, 11) is 0. The fourth-order valence-corrected chi connectivity index (χ4v) is 3.48. The van der Waals surface area contributed by atoms with Crippen LogP contribution in [0.25, 0.3) is 11.2 Å². The molecule has 2 aliphatic rings.